The topological polar surface area (TPSA) is 83.7 Å². The molecule has 0 aromatic heterocycles. The normalized spacial score (nSPS) is 15.5. The number of rotatable bonds is 3. The van der Waals surface area contributed by atoms with E-state index in [1.165, 1.54) is 9.80 Å². The number of nitrogens with two attached hydrogens (primary N) is 1. The summed E-state index contributed by atoms with van der Waals surface area (Å²) in [5, 5.41) is 1.91. The Morgan fingerprint density at radius 1 is 1.00 bits per heavy atom. The zero-order valence-electron chi connectivity index (χ0n) is 11.9. The molecule has 0 saturated carbocycles. The van der Waals surface area contributed by atoms with Gasteiger partial charge < -0.3 is 15.5 Å². The monoisotopic (exact) mass is 297 g/mol. The number of primary amides is 1. The molecule has 22 heavy (non-hydrogen) atoms. The summed E-state index contributed by atoms with van der Waals surface area (Å²) in [6.07, 6.45) is 0. The Morgan fingerprint density at radius 3 is 2.50 bits per heavy atom. The standard InChI is InChI=1S/C16H15N3O3/c17-14(20)10-18-8-9-19(16(22)15(18)21)13-7-3-5-11-4-1-2-6-12(11)13/h1-7H,8-10H2,(H2,17,20). The molecule has 1 saturated heterocycles. The molecule has 1 heterocycles. The fourth-order valence-corrected chi connectivity index (χ4v) is 2.69. The number of hydrogen-bond donors (Lipinski definition) is 1. The van der Waals surface area contributed by atoms with Crippen LogP contribution >= 0.6 is 0 Å². The van der Waals surface area contributed by atoms with Gasteiger partial charge in [-0.2, -0.15) is 0 Å². The van der Waals surface area contributed by atoms with Gasteiger partial charge in [0.1, 0.15) is 0 Å². The van der Waals surface area contributed by atoms with Gasteiger partial charge in [0, 0.05) is 18.5 Å². The van der Waals surface area contributed by atoms with E-state index in [9.17, 15) is 14.4 Å². The number of carbonyl (C=O) groups excluding carboxylic acids is 3. The molecular weight excluding hydrogens is 282 g/mol. The Morgan fingerprint density at radius 2 is 1.73 bits per heavy atom. The lowest BCUT2D eigenvalue weighted by atomic mass is 10.1. The van der Waals surface area contributed by atoms with E-state index in [1.54, 1.807) is 0 Å². The van der Waals surface area contributed by atoms with Crippen molar-refractivity contribution in [1.82, 2.24) is 4.90 Å². The molecule has 0 bridgehead atoms. The average Bonchev–Trinajstić information content (AvgIpc) is 2.51. The van der Waals surface area contributed by atoms with Crippen LogP contribution in [0.25, 0.3) is 10.8 Å². The molecule has 0 radical (unpaired) electrons. The minimum atomic E-state index is -0.696. The lowest BCUT2D eigenvalue weighted by Crippen LogP contribution is -2.56. The molecule has 6 heteroatoms. The Labute approximate surface area is 127 Å². The van der Waals surface area contributed by atoms with E-state index in [2.05, 4.69) is 0 Å². The van der Waals surface area contributed by atoms with Crippen LogP contribution in [0.5, 0.6) is 0 Å². The summed E-state index contributed by atoms with van der Waals surface area (Å²) in [5.74, 6) is -1.96. The minimum Gasteiger partial charge on any atom is -0.368 e. The molecule has 112 valence electrons. The summed E-state index contributed by atoms with van der Waals surface area (Å²) in [5.41, 5.74) is 5.80. The van der Waals surface area contributed by atoms with Crippen molar-refractivity contribution in [3.05, 3.63) is 42.5 Å². The fourth-order valence-electron chi connectivity index (χ4n) is 2.69. The van der Waals surface area contributed by atoms with Gasteiger partial charge in [-0.25, -0.2) is 0 Å². The van der Waals surface area contributed by atoms with E-state index in [4.69, 9.17) is 5.73 Å². The van der Waals surface area contributed by atoms with Gasteiger partial charge in [0.05, 0.1) is 12.2 Å². The third-order valence-electron chi connectivity index (χ3n) is 3.71. The number of carbonyl (C=O) groups is 3. The maximum Gasteiger partial charge on any atom is 0.316 e. The quantitative estimate of drug-likeness (QED) is 0.837. The molecule has 6 nitrogen and oxygen atoms in total. The van der Waals surface area contributed by atoms with Crippen molar-refractivity contribution >= 4 is 34.2 Å². The van der Waals surface area contributed by atoms with Crippen molar-refractivity contribution in [2.45, 2.75) is 0 Å². The lowest BCUT2D eigenvalue weighted by molar-refractivity contribution is -0.147. The van der Waals surface area contributed by atoms with Gasteiger partial charge in [0.15, 0.2) is 0 Å². The van der Waals surface area contributed by atoms with Crippen LogP contribution in [0.3, 0.4) is 0 Å². The first kappa shape index (κ1) is 14.1. The van der Waals surface area contributed by atoms with Crippen LogP contribution in [-0.4, -0.2) is 42.3 Å². The molecule has 3 amide bonds. The predicted molar refractivity (Wildman–Crippen MR) is 82.1 cm³/mol. The second-order valence-corrected chi connectivity index (χ2v) is 5.15. The number of fused-ring (bicyclic) bond motifs is 1. The number of anilines is 1. The average molecular weight is 297 g/mol. The third kappa shape index (κ3) is 2.39. The first-order valence-corrected chi connectivity index (χ1v) is 6.95. The van der Waals surface area contributed by atoms with Crippen molar-refractivity contribution in [1.29, 1.82) is 0 Å². The summed E-state index contributed by atoms with van der Waals surface area (Å²) >= 11 is 0. The number of piperazine rings is 1. The van der Waals surface area contributed by atoms with E-state index >= 15 is 0 Å². The maximum absolute atomic E-state index is 12.3. The molecule has 1 aliphatic rings. The maximum atomic E-state index is 12.3. The van der Waals surface area contributed by atoms with Crippen LogP contribution in [0.15, 0.2) is 42.5 Å². The number of hydrogen-bond acceptors (Lipinski definition) is 3. The van der Waals surface area contributed by atoms with E-state index in [1.807, 2.05) is 42.5 Å². The summed E-state index contributed by atoms with van der Waals surface area (Å²) < 4.78 is 0. The highest BCUT2D eigenvalue weighted by atomic mass is 16.2. The number of benzene rings is 2. The lowest BCUT2D eigenvalue weighted by Gasteiger charge is -2.33. The smallest absolute Gasteiger partial charge is 0.316 e. The summed E-state index contributed by atoms with van der Waals surface area (Å²) in [4.78, 5) is 38.0. The highest BCUT2D eigenvalue weighted by Gasteiger charge is 2.34. The SMILES string of the molecule is NC(=O)CN1CCN(c2cccc3ccccc23)C(=O)C1=O. The Bertz CT molecular complexity index is 767. The Hall–Kier alpha value is -2.89. The first-order valence-electron chi connectivity index (χ1n) is 6.95. The van der Waals surface area contributed by atoms with Crippen molar-refractivity contribution in [3.63, 3.8) is 0 Å². The van der Waals surface area contributed by atoms with Gasteiger partial charge in [-0.05, 0) is 11.5 Å². The molecule has 3 rings (SSSR count). The largest absolute Gasteiger partial charge is 0.368 e. The van der Waals surface area contributed by atoms with Gasteiger partial charge in [0.2, 0.25) is 5.91 Å². The third-order valence-corrected chi connectivity index (χ3v) is 3.71. The minimum absolute atomic E-state index is 0.228. The molecule has 0 atom stereocenters. The van der Waals surface area contributed by atoms with E-state index in [-0.39, 0.29) is 13.1 Å². The van der Waals surface area contributed by atoms with Crippen LogP contribution in [0, 0.1) is 0 Å². The zero-order chi connectivity index (χ0) is 15.7. The molecule has 0 aliphatic carbocycles. The molecule has 0 spiro atoms. The van der Waals surface area contributed by atoms with Crippen molar-refractivity contribution in [2.24, 2.45) is 5.73 Å². The highest BCUT2D eigenvalue weighted by Crippen LogP contribution is 2.28. The molecule has 2 aromatic carbocycles. The van der Waals surface area contributed by atoms with Crippen molar-refractivity contribution in [2.75, 3.05) is 24.5 Å². The number of amides is 3. The van der Waals surface area contributed by atoms with Crippen molar-refractivity contribution < 1.29 is 14.4 Å². The first-order chi connectivity index (χ1) is 10.6. The van der Waals surface area contributed by atoms with E-state index < -0.39 is 17.7 Å². The van der Waals surface area contributed by atoms with E-state index in [0.717, 1.165) is 10.8 Å². The molecule has 2 aromatic rings. The Kier molecular flexibility index (Phi) is 3.50. The molecule has 1 fully saturated rings. The van der Waals surface area contributed by atoms with E-state index in [0.29, 0.717) is 12.2 Å². The van der Waals surface area contributed by atoms with Crippen LogP contribution in [-0.2, 0) is 14.4 Å². The summed E-state index contributed by atoms with van der Waals surface area (Å²) in [6, 6.07) is 13.3. The fraction of sp³-hybridized carbons (Fsp3) is 0.188. The highest BCUT2D eigenvalue weighted by molar-refractivity contribution is 6.41. The summed E-state index contributed by atoms with van der Waals surface area (Å²) in [6.45, 7) is 0.399. The summed E-state index contributed by atoms with van der Waals surface area (Å²) in [7, 11) is 0. The second-order valence-electron chi connectivity index (χ2n) is 5.15. The molecule has 0 unspecified atom stereocenters. The second kappa shape index (κ2) is 5.48. The molecule has 2 N–H and O–H groups in total. The van der Waals surface area contributed by atoms with Crippen LogP contribution < -0.4 is 10.6 Å². The van der Waals surface area contributed by atoms with Gasteiger partial charge in [-0.15, -0.1) is 0 Å². The number of nitrogens with zero attached hydrogens (tertiary/aromatic N) is 2. The van der Waals surface area contributed by atoms with Gasteiger partial charge in [-0.1, -0.05) is 36.4 Å². The zero-order valence-corrected chi connectivity index (χ0v) is 11.9. The van der Waals surface area contributed by atoms with Crippen LogP contribution in [0.1, 0.15) is 0 Å². The Balaban J connectivity index is 1.94. The van der Waals surface area contributed by atoms with Crippen LogP contribution in [0.4, 0.5) is 5.69 Å². The van der Waals surface area contributed by atoms with Gasteiger partial charge in [0.25, 0.3) is 0 Å². The van der Waals surface area contributed by atoms with Crippen LogP contribution in [0.2, 0.25) is 0 Å². The predicted octanol–water partition coefficient (Wildman–Crippen LogP) is 0.500. The van der Waals surface area contributed by atoms with Gasteiger partial charge >= 0.3 is 11.8 Å². The molecular formula is C16H15N3O3. The molecule has 1 aliphatic heterocycles. The van der Waals surface area contributed by atoms with Gasteiger partial charge in [-0.3, -0.25) is 14.4 Å². The van der Waals surface area contributed by atoms with Crippen molar-refractivity contribution in [3.8, 4) is 0 Å².